The maximum Gasteiger partial charge on any atom is 0.329 e. The van der Waals surface area contributed by atoms with Crippen molar-refractivity contribution in [2.75, 3.05) is 58.2 Å². The number of nitrogens with one attached hydrogen (secondary N) is 2. The summed E-state index contributed by atoms with van der Waals surface area (Å²) in [6.07, 6.45) is 14.0. The Hall–Kier alpha value is -6.59. The van der Waals surface area contributed by atoms with Gasteiger partial charge in [0.2, 0.25) is 11.8 Å². The van der Waals surface area contributed by atoms with Gasteiger partial charge in [-0.15, -0.1) is 0 Å². The van der Waals surface area contributed by atoms with E-state index in [0.717, 1.165) is 79.5 Å². The third-order valence-corrected chi connectivity index (χ3v) is 16.3. The Balaban J connectivity index is 0.720. The van der Waals surface area contributed by atoms with Gasteiger partial charge in [-0.3, -0.25) is 48.1 Å². The number of hydrogen-bond donors (Lipinski definition) is 2. The molecule has 17 heteroatoms. The molecule has 2 N–H and O–H groups in total. The summed E-state index contributed by atoms with van der Waals surface area (Å²) in [7, 11) is 3.29. The van der Waals surface area contributed by atoms with Crippen LogP contribution in [-0.2, 0) is 29.5 Å². The molecule has 0 radical (unpaired) electrons. The molecule has 3 unspecified atom stereocenters. The summed E-state index contributed by atoms with van der Waals surface area (Å²) >= 11 is 0. The molecular formula is C56H64F3N9O5. The average Bonchev–Trinajstić information content (AvgIpc) is 3.48. The number of carbonyl (C=O) groups is 3. The van der Waals surface area contributed by atoms with Crippen LogP contribution in [0.3, 0.4) is 0 Å². The van der Waals surface area contributed by atoms with E-state index in [9.17, 15) is 28.4 Å². The molecule has 10 rings (SSSR count). The van der Waals surface area contributed by atoms with Gasteiger partial charge in [-0.2, -0.15) is 0 Å². The van der Waals surface area contributed by atoms with Gasteiger partial charge in [0.15, 0.2) is 5.82 Å². The second kappa shape index (κ2) is 20.7. The smallest absolute Gasteiger partial charge is 0.329 e. The van der Waals surface area contributed by atoms with E-state index in [4.69, 9.17) is 0 Å². The number of likely N-dealkylation sites (tertiary alicyclic amines) is 2. The lowest BCUT2D eigenvalue weighted by Crippen LogP contribution is -2.44. The summed E-state index contributed by atoms with van der Waals surface area (Å²) in [6, 6.07) is 11.0. The van der Waals surface area contributed by atoms with E-state index in [1.807, 2.05) is 18.2 Å². The number of carbonyl (C=O) groups excluding carboxylic acids is 3. The quantitative estimate of drug-likeness (QED) is 0.131. The lowest BCUT2D eigenvalue weighted by atomic mass is 9.86. The van der Waals surface area contributed by atoms with Gasteiger partial charge in [0.1, 0.15) is 17.7 Å². The molecule has 3 amide bonds. The zero-order valence-electron chi connectivity index (χ0n) is 42.1. The summed E-state index contributed by atoms with van der Waals surface area (Å²) < 4.78 is 51.0. The van der Waals surface area contributed by atoms with Crippen LogP contribution in [0.2, 0.25) is 0 Å². The number of pyridine rings is 2. The Kier molecular flexibility index (Phi) is 14.2. The molecule has 7 heterocycles. The lowest BCUT2D eigenvalue weighted by Gasteiger charge is -2.37. The van der Waals surface area contributed by atoms with Crippen molar-refractivity contribution in [1.29, 1.82) is 0 Å². The lowest BCUT2D eigenvalue weighted by molar-refractivity contribution is -0.135. The highest BCUT2D eigenvalue weighted by atomic mass is 19.1. The van der Waals surface area contributed by atoms with Gasteiger partial charge >= 0.3 is 5.69 Å². The number of anilines is 1. The van der Waals surface area contributed by atoms with Crippen molar-refractivity contribution in [3.63, 3.8) is 0 Å². The molecule has 384 valence electrons. The Bertz CT molecular complexity index is 3160. The summed E-state index contributed by atoms with van der Waals surface area (Å²) in [5.74, 6) is -2.13. The molecule has 0 bridgehead atoms. The van der Waals surface area contributed by atoms with E-state index >= 15 is 8.78 Å². The fourth-order valence-corrected chi connectivity index (χ4v) is 12.2. The zero-order valence-corrected chi connectivity index (χ0v) is 42.1. The number of hydrogen-bond acceptors (Lipinski definition) is 9. The van der Waals surface area contributed by atoms with Crippen molar-refractivity contribution in [3.05, 3.63) is 133 Å². The fraction of sp³-hybridized carbons (Fsp3) is 0.464. The highest BCUT2D eigenvalue weighted by Crippen LogP contribution is 2.35. The van der Waals surface area contributed by atoms with Crippen molar-refractivity contribution in [1.82, 2.24) is 38.7 Å². The van der Waals surface area contributed by atoms with Crippen LogP contribution in [0.1, 0.15) is 104 Å². The third-order valence-electron chi connectivity index (χ3n) is 16.3. The van der Waals surface area contributed by atoms with Crippen LogP contribution in [0.5, 0.6) is 0 Å². The van der Waals surface area contributed by atoms with E-state index in [1.165, 1.54) is 33.5 Å². The van der Waals surface area contributed by atoms with Gasteiger partial charge in [0.05, 0.1) is 34.3 Å². The molecule has 3 aromatic heterocycles. The number of piperidine rings is 2. The summed E-state index contributed by atoms with van der Waals surface area (Å²) in [5, 5.41) is 5.08. The van der Waals surface area contributed by atoms with Crippen molar-refractivity contribution < 1.29 is 27.6 Å². The number of aromatic nitrogens is 4. The van der Waals surface area contributed by atoms with Crippen LogP contribution in [-0.4, -0.2) is 110 Å². The van der Waals surface area contributed by atoms with Gasteiger partial charge in [0.25, 0.3) is 11.5 Å². The first-order chi connectivity index (χ1) is 35.1. The maximum atomic E-state index is 15.9. The van der Waals surface area contributed by atoms with E-state index in [1.54, 1.807) is 35.8 Å². The van der Waals surface area contributed by atoms with Crippen LogP contribution in [0.25, 0.3) is 28.4 Å². The minimum absolute atomic E-state index is 0.0195. The predicted molar refractivity (Wildman–Crippen MR) is 275 cm³/mol. The van der Waals surface area contributed by atoms with Crippen LogP contribution in [0.15, 0.2) is 76.1 Å². The largest absolute Gasteiger partial charge is 0.386 e. The first kappa shape index (κ1) is 50.0. The highest BCUT2D eigenvalue weighted by Gasteiger charge is 2.33. The van der Waals surface area contributed by atoms with Crippen molar-refractivity contribution >= 4 is 46.1 Å². The molecule has 1 aliphatic carbocycles. The van der Waals surface area contributed by atoms with Gasteiger partial charge in [-0.25, -0.2) is 18.0 Å². The number of imidazole rings is 1. The van der Waals surface area contributed by atoms with Crippen molar-refractivity contribution in [2.24, 2.45) is 24.8 Å². The molecule has 73 heavy (non-hydrogen) atoms. The number of imide groups is 1. The maximum absolute atomic E-state index is 15.9. The SMILES string of the molecule is CNc1cc(=O)n(-c2ccnc3c2C=C(CN2CC=C(c4c(F)cc(C(=O)N5CCC(CN6CCCC(Cc7ccc8c(c7)n(C)c(=O)n8C7CCC(=O)NC7=O)C[C@@H]6C)CC5)cc4F)CC2)C(C)C3)cc1F. The first-order valence-electron chi connectivity index (χ1n) is 25.9. The first-order valence-corrected chi connectivity index (χ1v) is 25.9. The number of nitrogens with zero attached hydrogens (tertiary/aromatic N) is 7. The standard InChI is InChI=1S/C56H64F3N9O5/c1-33-22-45-41(47(11-16-61-45)67-32-44(59)46(60-3)29-52(67)70)26-40(33)31-64-18-14-38(15-19-64)53-42(57)27-39(28-43(53)58)55(72)65-20-12-35(13-21-65)30-66-17-5-6-36(23-34(66)2)24-37-7-8-48-50(25-37)63(4)56(73)68(48)49-9-10-51(69)62-54(49)71/h7-8,11,14,16,25-29,32-36,49,60H,5-6,9-10,12-13,15,17-24,30-31H2,1-4H3,(H,62,69,71)/t33?,34-,36?,49?/m0/s1. The molecular weight excluding hydrogens is 936 g/mol. The number of halogens is 3. The van der Waals surface area contributed by atoms with Crippen LogP contribution >= 0.6 is 0 Å². The second-order valence-corrected chi connectivity index (χ2v) is 21.1. The molecule has 4 aliphatic heterocycles. The van der Waals surface area contributed by atoms with E-state index in [-0.39, 0.29) is 52.2 Å². The molecule has 0 spiro atoms. The number of rotatable bonds is 11. The monoisotopic (exact) mass is 999 g/mol. The molecule has 0 saturated carbocycles. The molecule has 3 saturated heterocycles. The molecule has 4 atom stereocenters. The third kappa shape index (κ3) is 10.1. The van der Waals surface area contributed by atoms with Crippen molar-refractivity contribution in [2.45, 2.75) is 90.1 Å². The van der Waals surface area contributed by atoms with E-state index < -0.39 is 29.4 Å². The fourth-order valence-electron chi connectivity index (χ4n) is 12.2. The molecule has 5 aromatic rings. The summed E-state index contributed by atoms with van der Waals surface area (Å²) in [6.45, 7) is 9.03. The molecule has 5 aliphatic rings. The van der Waals surface area contributed by atoms with Gasteiger partial charge < -0.3 is 15.1 Å². The van der Waals surface area contributed by atoms with Crippen LogP contribution in [0.4, 0.5) is 18.9 Å². The van der Waals surface area contributed by atoms with E-state index in [0.29, 0.717) is 86.6 Å². The predicted octanol–water partition coefficient (Wildman–Crippen LogP) is 7.27. The number of benzene rings is 2. The van der Waals surface area contributed by atoms with Crippen molar-refractivity contribution in [3.8, 4) is 5.69 Å². The van der Waals surface area contributed by atoms with Gasteiger partial charge in [0, 0.05) is 94.8 Å². The Morgan fingerprint density at radius 3 is 2.38 bits per heavy atom. The Labute approximate surface area is 422 Å². The average molecular weight is 1000 g/mol. The normalized spacial score (nSPS) is 22.4. The number of aryl methyl sites for hydroxylation is 1. The Morgan fingerprint density at radius 1 is 0.877 bits per heavy atom. The minimum atomic E-state index is -0.740. The van der Waals surface area contributed by atoms with E-state index in [2.05, 4.69) is 51.4 Å². The number of amides is 3. The van der Waals surface area contributed by atoms with Gasteiger partial charge in [-0.1, -0.05) is 30.7 Å². The molecule has 3 fully saturated rings. The highest BCUT2D eigenvalue weighted by molar-refractivity contribution is 6.00. The van der Waals surface area contributed by atoms with Crippen LogP contribution < -0.4 is 21.9 Å². The van der Waals surface area contributed by atoms with Gasteiger partial charge in [-0.05, 0) is 130 Å². The zero-order chi connectivity index (χ0) is 51.2. The second-order valence-electron chi connectivity index (χ2n) is 21.1. The van der Waals surface area contributed by atoms with Crippen LogP contribution in [0, 0.1) is 35.2 Å². The minimum Gasteiger partial charge on any atom is -0.386 e. The summed E-state index contributed by atoms with van der Waals surface area (Å²) in [5.41, 5.74) is 5.88. The topological polar surface area (TPSA) is 147 Å². The molecule has 14 nitrogen and oxygen atoms in total. The number of fused-ring (bicyclic) bond motifs is 2. The Morgan fingerprint density at radius 2 is 1.66 bits per heavy atom. The molecule has 2 aromatic carbocycles. The summed E-state index contributed by atoms with van der Waals surface area (Å²) in [4.78, 5) is 75.6.